The van der Waals surface area contributed by atoms with E-state index in [1.54, 1.807) is 13.0 Å². The van der Waals surface area contributed by atoms with E-state index in [4.69, 9.17) is 13.9 Å². The fourth-order valence-electron chi connectivity index (χ4n) is 3.10. The predicted molar refractivity (Wildman–Crippen MR) is 102 cm³/mol. The molecule has 11 heteroatoms. The first-order valence-corrected chi connectivity index (χ1v) is 9.80. The zero-order valence-corrected chi connectivity index (χ0v) is 17.0. The van der Waals surface area contributed by atoms with Crippen molar-refractivity contribution in [2.75, 3.05) is 13.2 Å². The number of oxazole rings is 1. The molecule has 2 heterocycles. The van der Waals surface area contributed by atoms with Crippen LogP contribution in [0.5, 0.6) is 0 Å². The van der Waals surface area contributed by atoms with Crippen LogP contribution in [0.25, 0.3) is 5.57 Å². The molecule has 1 fully saturated rings. The summed E-state index contributed by atoms with van der Waals surface area (Å²) >= 11 is 0. The quantitative estimate of drug-likeness (QED) is 0.729. The van der Waals surface area contributed by atoms with Gasteiger partial charge in [-0.25, -0.2) is 23.1 Å². The first kappa shape index (κ1) is 21.1. The third-order valence-electron chi connectivity index (χ3n) is 4.87. The molecule has 0 saturated heterocycles. The van der Waals surface area contributed by atoms with Crippen LogP contribution in [0.15, 0.2) is 38.1 Å². The molecule has 0 radical (unpaired) electrons. The van der Waals surface area contributed by atoms with Crippen LogP contribution < -0.4 is 16.4 Å². The standard InChI is InChI=1S/C20H21F3N4O4/c1-10(25-11(2)28)8-30-19-24-7-15-18(27-19)31-17(26-15)12-3-4-16(14(21)5-12)29-9-13-6-20(13,22)23/h3-4,10,13H,5-9H2,1-2H3,(H,25,28)/t10-,13?/m0/s1. The summed E-state index contributed by atoms with van der Waals surface area (Å²) in [5.41, 5.74) is 1.36. The summed E-state index contributed by atoms with van der Waals surface area (Å²) in [7, 11) is 0. The Kier molecular flexibility index (Phi) is 5.59. The molecule has 2 aliphatic carbocycles. The maximum absolute atomic E-state index is 14.4. The van der Waals surface area contributed by atoms with Gasteiger partial charge >= 0.3 is 6.02 Å². The number of nitrogens with zero attached hydrogens (tertiary/aromatic N) is 3. The molecule has 8 nitrogen and oxygen atoms in total. The lowest BCUT2D eigenvalue weighted by atomic mass is 10.1. The Labute approximate surface area is 175 Å². The van der Waals surface area contributed by atoms with E-state index in [0.717, 1.165) is 0 Å². The van der Waals surface area contributed by atoms with Crippen LogP contribution in [-0.2, 0) is 20.8 Å². The van der Waals surface area contributed by atoms with E-state index in [1.807, 2.05) is 0 Å². The number of hydrogen-bond donors (Lipinski definition) is 1. The Balaban J connectivity index is 1.42. The number of fused-ring (bicyclic) bond motifs is 1. The summed E-state index contributed by atoms with van der Waals surface area (Å²) in [5, 5.41) is 2.68. The third kappa shape index (κ3) is 4.97. The van der Waals surface area contributed by atoms with Gasteiger partial charge in [-0.2, -0.15) is 4.99 Å². The van der Waals surface area contributed by atoms with Gasteiger partial charge in [-0.15, -0.1) is 0 Å². The number of halogens is 3. The normalized spacial score (nSPS) is 24.0. The molecule has 31 heavy (non-hydrogen) atoms. The topological polar surface area (TPSA) is 98.3 Å². The summed E-state index contributed by atoms with van der Waals surface area (Å²) in [6.45, 7) is 3.35. The highest BCUT2D eigenvalue weighted by Gasteiger charge is 2.57. The number of nitrogens with one attached hydrogen (secondary N) is 1. The van der Waals surface area contributed by atoms with E-state index in [1.165, 1.54) is 13.0 Å². The fraction of sp³-hybridized carbons (Fsp3) is 0.500. The largest absolute Gasteiger partial charge is 0.490 e. The molecule has 1 N–H and O–H groups in total. The second-order valence-corrected chi connectivity index (χ2v) is 7.67. The maximum atomic E-state index is 14.4. The lowest BCUT2D eigenvalue weighted by Crippen LogP contribution is -2.35. The van der Waals surface area contributed by atoms with Crippen LogP contribution in [0.3, 0.4) is 0 Å². The van der Waals surface area contributed by atoms with Crippen molar-refractivity contribution >= 4 is 17.5 Å². The van der Waals surface area contributed by atoms with Gasteiger partial charge in [0, 0.05) is 25.3 Å². The molecule has 0 aromatic carbocycles. The number of rotatable bonds is 6. The van der Waals surface area contributed by atoms with Gasteiger partial charge in [-0.05, 0) is 19.1 Å². The molecular formula is C20H21F3N4O4. The molecule has 0 spiro atoms. The summed E-state index contributed by atoms with van der Waals surface area (Å²) in [6, 6.07) is -0.113. The lowest BCUT2D eigenvalue weighted by Gasteiger charge is -2.13. The molecule has 1 aromatic rings. The minimum Gasteiger partial charge on any atom is -0.490 e. The molecule has 3 aliphatic rings. The monoisotopic (exact) mass is 438 g/mol. The Morgan fingerprint density at radius 3 is 2.84 bits per heavy atom. The Morgan fingerprint density at radius 2 is 2.16 bits per heavy atom. The Hall–Kier alpha value is -3.11. The zero-order chi connectivity index (χ0) is 22.2. The average molecular weight is 438 g/mol. The summed E-state index contributed by atoms with van der Waals surface area (Å²) in [4.78, 5) is 23.7. The molecule has 1 amide bonds. The molecule has 1 aliphatic heterocycles. The molecule has 1 unspecified atom stereocenters. The van der Waals surface area contributed by atoms with E-state index >= 15 is 0 Å². The van der Waals surface area contributed by atoms with Gasteiger partial charge < -0.3 is 19.2 Å². The fourth-order valence-corrected chi connectivity index (χ4v) is 3.10. The maximum Gasteiger partial charge on any atom is 0.315 e. The number of amidine groups is 1. The van der Waals surface area contributed by atoms with Crippen LogP contribution in [0.2, 0.25) is 0 Å². The number of hydrogen-bond acceptors (Lipinski definition) is 7. The van der Waals surface area contributed by atoms with Crippen molar-refractivity contribution in [2.45, 2.75) is 45.2 Å². The zero-order valence-electron chi connectivity index (χ0n) is 17.0. The number of alkyl halides is 2. The number of allylic oxidation sites excluding steroid dienone is 3. The van der Waals surface area contributed by atoms with Crippen molar-refractivity contribution in [2.24, 2.45) is 15.9 Å². The highest BCUT2D eigenvalue weighted by molar-refractivity contribution is 5.75. The second-order valence-electron chi connectivity index (χ2n) is 7.67. The highest BCUT2D eigenvalue weighted by Crippen LogP contribution is 2.49. The minimum absolute atomic E-state index is 0.0558. The van der Waals surface area contributed by atoms with E-state index in [0.29, 0.717) is 11.3 Å². The minimum atomic E-state index is -2.71. The molecule has 1 aromatic heterocycles. The van der Waals surface area contributed by atoms with Gasteiger partial charge in [0.2, 0.25) is 17.0 Å². The summed E-state index contributed by atoms with van der Waals surface area (Å²) in [6.07, 6.45) is 2.59. The SMILES string of the molecule is CC(=O)N[C@@H](C)COC1=NCc2nc(=C3C=CC(OCC4CC4(F)F)=C(F)C3)oc2=N1. The number of aliphatic imine (C=N–C) groups is 1. The van der Waals surface area contributed by atoms with Crippen LogP contribution in [0.4, 0.5) is 13.2 Å². The number of aromatic nitrogens is 1. The highest BCUT2D eigenvalue weighted by atomic mass is 19.3. The Bertz CT molecular complexity index is 1110. The van der Waals surface area contributed by atoms with E-state index in [-0.39, 0.29) is 67.4 Å². The first-order chi connectivity index (χ1) is 14.7. The summed E-state index contributed by atoms with van der Waals surface area (Å²) < 4.78 is 56.6. The number of ether oxygens (including phenoxy) is 2. The van der Waals surface area contributed by atoms with Gasteiger partial charge in [0.25, 0.3) is 5.92 Å². The van der Waals surface area contributed by atoms with Crippen LogP contribution in [0, 0.1) is 5.92 Å². The van der Waals surface area contributed by atoms with Crippen molar-refractivity contribution < 1.29 is 31.9 Å². The third-order valence-corrected chi connectivity index (χ3v) is 4.87. The lowest BCUT2D eigenvalue weighted by molar-refractivity contribution is -0.119. The Morgan fingerprint density at radius 1 is 1.39 bits per heavy atom. The summed E-state index contributed by atoms with van der Waals surface area (Å²) in [5.74, 6) is -4.37. The van der Waals surface area contributed by atoms with Gasteiger partial charge in [-0.1, -0.05) is 0 Å². The average Bonchev–Trinajstić information content (AvgIpc) is 3.11. The van der Waals surface area contributed by atoms with Gasteiger partial charge in [0.15, 0.2) is 5.76 Å². The first-order valence-electron chi connectivity index (χ1n) is 9.80. The molecule has 1 saturated carbocycles. The molecule has 4 rings (SSSR count). The van der Waals surface area contributed by atoms with Crippen LogP contribution >= 0.6 is 0 Å². The van der Waals surface area contributed by atoms with Gasteiger partial charge in [0.1, 0.15) is 18.1 Å². The van der Waals surface area contributed by atoms with Crippen LogP contribution in [0.1, 0.15) is 32.4 Å². The number of carbonyl (C=O) groups is 1. The van der Waals surface area contributed by atoms with E-state index in [2.05, 4.69) is 20.3 Å². The molecular weight excluding hydrogens is 417 g/mol. The van der Waals surface area contributed by atoms with Crippen molar-refractivity contribution in [3.05, 3.63) is 40.5 Å². The van der Waals surface area contributed by atoms with Crippen molar-refractivity contribution in [1.82, 2.24) is 10.3 Å². The van der Waals surface area contributed by atoms with Crippen molar-refractivity contribution in [1.29, 1.82) is 0 Å². The molecule has 166 valence electrons. The van der Waals surface area contributed by atoms with E-state index in [9.17, 15) is 18.0 Å². The van der Waals surface area contributed by atoms with Crippen molar-refractivity contribution in [3.8, 4) is 0 Å². The van der Waals surface area contributed by atoms with E-state index < -0.39 is 17.7 Å². The van der Waals surface area contributed by atoms with Gasteiger partial charge in [0.05, 0.1) is 25.1 Å². The number of amides is 1. The smallest absolute Gasteiger partial charge is 0.315 e. The number of carbonyl (C=O) groups excluding carboxylic acids is 1. The molecule has 2 atom stereocenters. The van der Waals surface area contributed by atoms with Crippen molar-refractivity contribution in [3.63, 3.8) is 0 Å². The predicted octanol–water partition coefficient (Wildman–Crippen LogP) is 1.67. The molecule has 0 bridgehead atoms. The van der Waals surface area contributed by atoms with Crippen LogP contribution in [-0.4, -0.2) is 42.1 Å². The van der Waals surface area contributed by atoms with Gasteiger partial charge in [-0.3, -0.25) is 4.79 Å². The second kappa shape index (κ2) is 8.20.